The molecule has 0 spiro atoms. The van der Waals surface area contributed by atoms with E-state index >= 15 is 0 Å². The van der Waals surface area contributed by atoms with Gasteiger partial charge in [0.25, 0.3) is 0 Å². The lowest BCUT2D eigenvalue weighted by Crippen LogP contribution is -2.11. The van der Waals surface area contributed by atoms with Crippen LogP contribution >= 0.6 is 11.6 Å². The minimum absolute atomic E-state index is 0.0925. The first-order valence-corrected chi connectivity index (χ1v) is 5.53. The van der Waals surface area contributed by atoms with Crippen LogP contribution < -0.4 is 5.32 Å². The smallest absolute Gasteiger partial charge is 0.224 e. The zero-order valence-electron chi connectivity index (χ0n) is 9.34. The number of hydrogen-bond donors (Lipinski definition) is 1. The summed E-state index contributed by atoms with van der Waals surface area (Å²) >= 11 is 6.01. The van der Waals surface area contributed by atoms with E-state index in [1.165, 1.54) is 6.92 Å². The van der Waals surface area contributed by atoms with Crippen molar-refractivity contribution in [1.82, 2.24) is 0 Å². The van der Waals surface area contributed by atoms with Crippen molar-refractivity contribution < 1.29 is 9.59 Å². The zero-order valence-corrected chi connectivity index (χ0v) is 10.1. The second kappa shape index (κ2) is 5.66. The molecular formula is C12H14ClNO2. The first-order chi connectivity index (χ1) is 7.56. The van der Waals surface area contributed by atoms with Crippen molar-refractivity contribution in [3.8, 4) is 0 Å². The number of rotatable bonds is 4. The lowest BCUT2D eigenvalue weighted by atomic mass is 10.1. The Labute approximate surface area is 99.8 Å². The minimum atomic E-state index is -0.114. The van der Waals surface area contributed by atoms with E-state index in [-0.39, 0.29) is 11.7 Å². The van der Waals surface area contributed by atoms with Crippen molar-refractivity contribution in [3.05, 3.63) is 28.8 Å². The highest BCUT2D eigenvalue weighted by molar-refractivity contribution is 6.36. The number of hydrogen-bond acceptors (Lipinski definition) is 2. The van der Waals surface area contributed by atoms with Gasteiger partial charge in [-0.1, -0.05) is 24.6 Å². The molecule has 0 radical (unpaired) electrons. The van der Waals surface area contributed by atoms with Gasteiger partial charge < -0.3 is 5.32 Å². The van der Waals surface area contributed by atoms with Crippen LogP contribution in [0.15, 0.2) is 18.2 Å². The Hall–Kier alpha value is -1.35. The Kier molecular flexibility index (Phi) is 4.50. The molecule has 0 aliphatic heterocycles. The van der Waals surface area contributed by atoms with Crippen LogP contribution in [0.5, 0.6) is 0 Å². The van der Waals surface area contributed by atoms with E-state index in [4.69, 9.17) is 11.6 Å². The summed E-state index contributed by atoms with van der Waals surface area (Å²) in [5.41, 5.74) is 0.920. The molecule has 4 heteroatoms. The standard InChI is InChI=1S/C12H14ClNO2/c1-3-5-11(16)14-10-7-4-6-9(8(2)15)12(10)13/h4,6-7H,3,5H2,1-2H3,(H,14,16). The summed E-state index contributed by atoms with van der Waals surface area (Å²) in [7, 11) is 0. The van der Waals surface area contributed by atoms with Gasteiger partial charge in [0.2, 0.25) is 5.91 Å². The van der Waals surface area contributed by atoms with Crippen molar-refractivity contribution in [3.63, 3.8) is 0 Å². The molecule has 0 atom stereocenters. The van der Waals surface area contributed by atoms with Gasteiger partial charge >= 0.3 is 0 Å². The fourth-order valence-electron chi connectivity index (χ4n) is 1.34. The Morgan fingerprint density at radius 2 is 2.06 bits per heavy atom. The molecule has 0 aromatic heterocycles. The highest BCUT2D eigenvalue weighted by atomic mass is 35.5. The normalized spacial score (nSPS) is 9.94. The van der Waals surface area contributed by atoms with Gasteiger partial charge in [-0.3, -0.25) is 9.59 Å². The average molecular weight is 240 g/mol. The maximum atomic E-state index is 11.4. The molecule has 0 bridgehead atoms. The first-order valence-electron chi connectivity index (χ1n) is 5.15. The van der Waals surface area contributed by atoms with Gasteiger partial charge in [0.15, 0.2) is 5.78 Å². The van der Waals surface area contributed by atoms with Crippen LogP contribution in [0.4, 0.5) is 5.69 Å². The second-order valence-corrected chi connectivity index (χ2v) is 3.90. The highest BCUT2D eigenvalue weighted by Gasteiger charge is 2.11. The van der Waals surface area contributed by atoms with E-state index in [1.807, 2.05) is 6.92 Å². The summed E-state index contributed by atoms with van der Waals surface area (Å²) < 4.78 is 0. The third-order valence-electron chi connectivity index (χ3n) is 2.13. The third kappa shape index (κ3) is 3.07. The number of carbonyl (C=O) groups is 2. The number of Topliss-reactive ketones (excluding diaryl/α,β-unsaturated/α-hetero) is 1. The summed E-state index contributed by atoms with van der Waals surface area (Å²) in [4.78, 5) is 22.6. The molecule has 0 aliphatic rings. The SMILES string of the molecule is CCCC(=O)Nc1cccc(C(C)=O)c1Cl. The van der Waals surface area contributed by atoms with Crippen LogP contribution in [0.25, 0.3) is 0 Å². The van der Waals surface area contributed by atoms with Gasteiger partial charge in [-0.05, 0) is 25.5 Å². The molecule has 0 saturated carbocycles. The molecule has 0 aliphatic carbocycles. The van der Waals surface area contributed by atoms with E-state index in [0.717, 1.165) is 6.42 Å². The Balaban J connectivity index is 2.93. The summed E-state index contributed by atoms with van der Waals surface area (Å²) in [6.45, 7) is 3.37. The number of carbonyl (C=O) groups excluding carboxylic acids is 2. The van der Waals surface area contributed by atoms with E-state index in [9.17, 15) is 9.59 Å². The van der Waals surface area contributed by atoms with Crippen LogP contribution in [0, 0.1) is 0 Å². The van der Waals surface area contributed by atoms with Crippen LogP contribution in [0.1, 0.15) is 37.0 Å². The van der Waals surface area contributed by atoms with E-state index in [1.54, 1.807) is 18.2 Å². The zero-order chi connectivity index (χ0) is 12.1. The lowest BCUT2D eigenvalue weighted by molar-refractivity contribution is -0.116. The van der Waals surface area contributed by atoms with E-state index < -0.39 is 0 Å². The molecule has 1 aromatic rings. The number of nitrogens with one attached hydrogen (secondary N) is 1. The van der Waals surface area contributed by atoms with Gasteiger partial charge in [-0.15, -0.1) is 0 Å². The first kappa shape index (κ1) is 12.7. The topological polar surface area (TPSA) is 46.2 Å². The predicted molar refractivity (Wildman–Crippen MR) is 65.0 cm³/mol. The summed E-state index contributed by atoms with van der Waals surface area (Å²) in [6.07, 6.45) is 1.22. The number of ketones is 1. The maximum Gasteiger partial charge on any atom is 0.224 e. The molecule has 16 heavy (non-hydrogen) atoms. The monoisotopic (exact) mass is 239 g/mol. The molecule has 86 valence electrons. The van der Waals surface area contributed by atoms with Gasteiger partial charge in [0.1, 0.15) is 0 Å². The minimum Gasteiger partial charge on any atom is -0.325 e. The van der Waals surface area contributed by atoms with E-state index in [2.05, 4.69) is 5.32 Å². The lowest BCUT2D eigenvalue weighted by Gasteiger charge is -2.08. The second-order valence-electron chi connectivity index (χ2n) is 3.52. The molecule has 0 unspecified atom stereocenters. The average Bonchev–Trinajstić information content (AvgIpc) is 2.21. The van der Waals surface area contributed by atoms with Crippen molar-refractivity contribution in [1.29, 1.82) is 0 Å². The fourth-order valence-corrected chi connectivity index (χ4v) is 1.65. The summed E-state index contributed by atoms with van der Waals surface area (Å²) in [5, 5.41) is 2.99. The van der Waals surface area contributed by atoms with Crippen molar-refractivity contribution in [2.45, 2.75) is 26.7 Å². The molecule has 0 fully saturated rings. The predicted octanol–water partition coefficient (Wildman–Crippen LogP) is 3.28. The quantitative estimate of drug-likeness (QED) is 0.820. The summed E-state index contributed by atoms with van der Waals surface area (Å²) in [5.74, 6) is -0.207. The number of halogens is 1. The molecule has 1 rings (SSSR count). The summed E-state index contributed by atoms with van der Waals surface area (Å²) in [6, 6.07) is 5.02. The Morgan fingerprint density at radius 3 is 2.62 bits per heavy atom. The largest absolute Gasteiger partial charge is 0.325 e. The molecule has 3 nitrogen and oxygen atoms in total. The fraction of sp³-hybridized carbons (Fsp3) is 0.333. The van der Waals surface area contributed by atoms with Gasteiger partial charge in [-0.25, -0.2) is 0 Å². The van der Waals surface area contributed by atoms with Crippen molar-refractivity contribution in [2.24, 2.45) is 0 Å². The van der Waals surface area contributed by atoms with Crippen LogP contribution in [-0.4, -0.2) is 11.7 Å². The Bertz CT molecular complexity index is 415. The number of amides is 1. The molecule has 1 aromatic carbocycles. The number of anilines is 1. The third-order valence-corrected chi connectivity index (χ3v) is 2.54. The van der Waals surface area contributed by atoms with Gasteiger partial charge in [0, 0.05) is 12.0 Å². The highest BCUT2D eigenvalue weighted by Crippen LogP contribution is 2.26. The Morgan fingerprint density at radius 1 is 1.38 bits per heavy atom. The van der Waals surface area contributed by atoms with Crippen LogP contribution in [0.2, 0.25) is 5.02 Å². The van der Waals surface area contributed by atoms with E-state index in [0.29, 0.717) is 22.7 Å². The molecule has 0 heterocycles. The van der Waals surface area contributed by atoms with Crippen molar-refractivity contribution >= 4 is 29.0 Å². The van der Waals surface area contributed by atoms with Gasteiger partial charge in [-0.2, -0.15) is 0 Å². The van der Waals surface area contributed by atoms with Crippen LogP contribution in [0.3, 0.4) is 0 Å². The molecular weight excluding hydrogens is 226 g/mol. The van der Waals surface area contributed by atoms with Crippen molar-refractivity contribution in [2.75, 3.05) is 5.32 Å². The van der Waals surface area contributed by atoms with Crippen LogP contribution in [-0.2, 0) is 4.79 Å². The van der Waals surface area contributed by atoms with Gasteiger partial charge in [0.05, 0.1) is 10.7 Å². The maximum absolute atomic E-state index is 11.4. The number of benzene rings is 1. The molecule has 0 saturated heterocycles. The molecule has 1 amide bonds. The molecule has 1 N–H and O–H groups in total.